The van der Waals surface area contributed by atoms with Gasteiger partial charge in [0.1, 0.15) is 30.5 Å². The molecule has 0 aliphatic carbocycles. The molecule has 0 unspecified atom stereocenters. The van der Waals surface area contributed by atoms with Crippen molar-refractivity contribution in [3.05, 3.63) is 0 Å². The third-order valence-electron chi connectivity index (χ3n) is 2.52. The van der Waals surface area contributed by atoms with Gasteiger partial charge in [-0.05, 0) is 0 Å². The Morgan fingerprint density at radius 2 is 1.71 bits per heavy atom. The van der Waals surface area contributed by atoms with Crippen LogP contribution in [0.4, 0.5) is 4.39 Å². The van der Waals surface area contributed by atoms with E-state index in [-0.39, 0.29) is 0 Å². The molecule has 0 spiro atoms. The average molecular weight is 276 g/mol. The summed E-state index contributed by atoms with van der Waals surface area (Å²) in [7, 11) is -5.17. The van der Waals surface area contributed by atoms with E-state index in [1.165, 1.54) is 0 Å². The molecule has 8 nitrogen and oxygen atoms in total. The van der Waals surface area contributed by atoms with Crippen molar-refractivity contribution < 1.29 is 43.9 Å². The standard InChI is InChI=1S/C7H14FO8P/c8-7(17(13,14)15)6-5(12)4(11)3(10)2(1-9)16-6/h2-7,9-12H,1H2,(H2,13,14,15)/t2-,3-,4+,5-,6-,7-/m1/s1. The van der Waals surface area contributed by atoms with Gasteiger partial charge in [-0.3, -0.25) is 4.57 Å². The lowest BCUT2D eigenvalue weighted by atomic mass is 9.96. The first-order chi connectivity index (χ1) is 7.70. The Kier molecular flexibility index (Phi) is 4.61. The summed E-state index contributed by atoms with van der Waals surface area (Å²) in [5.41, 5.74) is 0. The average Bonchev–Trinajstić information content (AvgIpc) is 2.24. The molecule has 0 aromatic heterocycles. The Bertz CT molecular complexity index is 306. The van der Waals surface area contributed by atoms with Crippen LogP contribution in [0.15, 0.2) is 0 Å². The predicted molar refractivity (Wildman–Crippen MR) is 50.7 cm³/mol. The lowest BCUT2D eigenvalue weighted by molar-refractivity contribution is -0.236. The smallest absolute Gasteiger partial charge is 0.362 e. The maximum absolute atomic E-state index is 13.3. The topological polar surface area (TPSA) is 148 Å². The van der Waals surface area contributed by atoms with Gasteiger partial charge in [-0.25, -0.2) is 4.39 Å². The van der Waals surface area contributed by atoms with Crippen molar-refractivity contribution in [3.63, 3.8) is 0 Å². The predicted octanol–water partition coefficient (Wildman–Crippen LogP) is -2.70. The number of hydrogen-bond donors (Lipinski definition) is 6. The molecule has 0 radical (unpaired) electrons. The molecule has 6 N–H and O–H groups in total. The number of aliphatic hydroxyl groups is 4. The molecule has 0 aromatic carbocycles. The fraction of sp³-hybridized carbons (Fsp3) is 1.00. The van der Waals surface area contributed by atoms with Crippen LogP contribution >= 0.6 is 7.60 Å². The maximum atomic E-state index is 13.3. The molecule has 1 fully saturated rings. The largest absolute Gasteiger partial charge is 0.394 e. The van der Waals surface area contributed by atoms with Crippen molar-refractivity contribution in [1.29, 1.82) is 0 Å². The van der Waals surface area contributed by atoms with E-state index in [0.29, 0.717) is 0 Å². The molecule has 1 heterocycles. The van der Waals surface area contributed by atoms with Crippen molar-refractivity contribution in [2.75, 3.05) is 6.61 Å². The van der Waals surface area contributed by atoms with E-state index in [9.17, 15) is 24.3 Å². The van der Waals surface area contributed by atoms with Gasteiger partial charge < -0.3 is 34.9 Å². The minimum atomic E-state index is -5.17. The summed E-state index contributed by atoms with van der Waals surface area (Å²) in [4.78, 5) is 17.2. The summed E-state index contributed by atoms with van der Waals surface area (Å²) in [6, 6.07) is 0. The molecule has 102 valence electrons. The first kappa shape index (κ1) is 14.9. The highest BCUT2D eigenvalue weighted by molar-refractivity contribution is 7.52. The molecule has 1 aliphatic rings. The van der Waals surface area contributed by atoms with Crippen LogP contribution in [0.5, 0.6) is 0 Å². The van der Waals surface area contributed by atoms with Crippen molar-refractivity contribution in [2.45, 2.75) is 36.4 Å². The lowest BCUT2D eigenvalue weighted by Gasteiger charge is -2.40. The first-order valence-electron chi connectivity index (χ1n) is 4.70. The monoisotopic (exact) mass is 276 g/mol. The number of halogens is 1. The second-order valence-electron chi connectivity index (χ2n) is 3.76. The Balaban J connectivity index is 2.89. The minimum absolute atomic E-state index is 0.796. The second kappa shape index (κ2) is 5.25. The van der Waals surface area contributed by atoms with Gasteiger partial charge in [-0.2, -0.15) is 0 Å². The van der Waals surface area contributed by atoms with E-state index in [0.717, 1.165) is 0 Å². The van der Waals surface area contributed by atoms with Gasteiger partial charge in [-0.1, -0.05) is 0 Å². The maximum Gasteiger partial charge on any atom is 0.362 e. The van der Waals surface area contributed by atoms with Crippen LogP contribution in [0.1, 0.15) is 0 Å². The van der Waals surface area contributed by atoms with E-state index in [2.05, 4.69) is 4.74 Å². The Morgan fingerprint density at radius 3 is 2.12 bits per heavy atom. The Morgan fingerprint density at radius 1 is 1.18 bits per heavy atom. The summed E-state index contributed by atoms with van der Waals surface area (Å²) < 4.78 is 28.7. The summed E-state index contributed by atoms with van der Waals surface area (Å²) in [6.45, 7) is -0.796. The van der Waals surface area contributed by atoms with Crippen molar-refractivity contribution in [2.24, 2.45) is 0 Å². The fourth-order valence-electron chi connectivity index (χ4n) is 1.55. The van der Waals surface area contributed by atoms with Crippen LogP contribution in [0, 0.1) is 0 Å². The van der Waals surface area contributed by atoms with Crippen LogP contribution in [0.3, 0.4) is 0 Å². The van der Waals surface area contributed by atoms with Gasteiger partial charge >= 0.3 is 7.60 Å². The first-order valence-corrected chi connectivity index (χ1v) is 6.38. The molecule has 6 atom stereocenters. The van der Waals surface area contributed by atoms with Gasteiger partial charge in [0.2, 0.25) is 5.91 Å². The summed E-state index contributed by atoms with van der Waals surface area (Å²) in [5.74, 6) is -2.85. The van der Waals surface area contributed by atoms with Gasteiger partial charge in [0.15, 0.2) is 0 Å². The molecule has 1 aliphatic heterocycles. The highest BCUT2D eigenvalue weighted by atomic mass is 31.2. The summed E-state index contributed by atoms with van der Waals surface area (Å²) >= 11 is 0. The molecular weight excluding hydrogens is 262 g/mol. The van der Waals surface area contributed by atoms with Crippen LogP contribution in [0.25, 0.3) is 0 Å². The summed E-state index contributed by atoms with van der Waals surface area (Å²) in [5, 5.41) is 36.7. The lowest BCUT2D eigenvalue weighted by Crippen LogP contribution is -2.60. The minimum Gasteiger partial charge on any atom is -0.394 e. The van der Waals surface area contributed by atoms with Gasteiger partial charge in [0.25, 0.3) is 0 Å². The van der Waals surface area contributed by atoms with Crippen molar-refractivity contribution in [3.8, 4) is 0 Å². The zero-order valence-electron chi connectivity index (χ0n) is 8.50. The quantitative estimate of drug-likeness (QED) is 0.305. The van der Waals surface area contributed by atoms with Gasteiger partial charge in [0, 0.05) is 0 Å². The van der Waals surface area contributed by atoms with E-state index < -0.39 is 50.6 Å². The highest BCUT2D eigenvalue weighted by Gasteiger charge is 2.51. The molecule has 10 heteroatoms. The molecule has 1 saturated heterocycles. The third kappa shape index (κ3) is 3.01. The second-order valence-corrected chi connectivity index (χ2v) is 5.43. The molecular formula is C7H14FO8P. The zero-order valence-corrected chi connectivity index (χ0v) is 9.39. The van der Waals surface area contributed by atoms with Crippen LogP contribution in [0.2, 0.25) is 0 Å². The molecule has 17 heavy (non-hydrogen) atoms. The molecule has 0 saturated carbocycles. The molecule has 0 amide bonds. The van der Waals surface area contributed by atoms with E-state index >= 15 is 0 Å². The highest BCUT2D eigenvalue weighted by Crippen LogP contribution is 2.46. The molecule has 0 bridgehead atoms. The van der Waals surface area contributed by atoms with Gasteiger partial charge in [-0.15, -0.1) is 0 Å². The van der Waals surface area contributed by atoms with Crippen LogP contribution in [-0.2, 0) is 9.30 Å². The normalized spacial score (nSPS) is 41.2. The van der Waals surface area contributed by atoms with Crippen LogP contribution in [-0.4, -0.2) is 73.3 Å². The summed E-state index contributed by atoms with van der Waals surface area (Å²) in [6.07, 6.45) is -8.99. The van der Waals surface area contributed by atoms with E-state index in [4.69, 9.17) is 14.9 Å². The Labute approximate surface area is 95.4 Å². The third-order valence-corrected chi connectivity index (χ3v) is 3.46. The number of rotatable bonds is 3. The number of ether oxygens (including phenoxy) is 1. The van der Waals surface area contributed by atoms with Gasteiger partial charge in [0.05, 0.1) is 6.61 Å². The number of aliphatic hydroxyl groups excluding tert-OH is 4. The fourth-order valence-corrected chi connectivity index (χ4v) is 2.18. The number of alkyl halides is 1. The Hall–Kier alpha value is -0.120. The van der Waals surface area contributed by atoms with Crippen molar-refractivity contribution in [1.82, 2.24) is 0 Å². The van der Waals surface area contributed by atoms with E-state index in [1.54, 1.807) is 0 Å². The molecule has 1 rings (SSSR count). The molecule has 0 aromatic rings. The van der Waals surface area contributed by atoms with E-state index in [1.807, 2.05) is 0 Å². The SMILES string of the molecule is O=P(O)(O)[C@@H](F)[C@@H]1O[C@H](CO)[C@@H](O)[C@H](O)[C@H]1O. The zero-order chi connectivity index (χ0) is 13.4. The van der Waals surface area contributed by atoms with Crippen LogP contribution < -0.4 is 0 Å². The number of hydrogen-bond acceptors (Lipinski definition) is 6. The van der Waals surface area contributed by atoms with Crippen molar-refractivity contribution >= 4 is 7.60 Å².